The molecule has 112 valence electrons. The van der Waals surface area contributed by atoms with E-state index in [-0.39, 0.29) is 6.17 Å². The van der Waals surface area contributed by atoms with E-state index in [2.05, 4.69) is 38.5 Å². The lowest BCUT2D eigenvalue weighted by Gasteiger charge is -2.23. The Hall–Kier alpha value is -2.30. The van der Waals surface area contributed by atoms with Gasteiger partial charge in [0.2, 0.25) is 0 Å². The van der Waals surface area contributed by atoms with Gasteiger partial charge < -0.3 is 4.90 Å². The van der Waals surface area contributed by atoms with Gasteiger partial charge >= 0.3 is 0 Å². The van der Waals surface area contributed by atoms with Crippen LogP contribution in [0, 0.1) is 11.3 Å². The number of hydrogen-bond donors (Lipinski definition) is 1. The second-order valence-electron chi connectivity index (χ2n) is 5.08. The molecule has 0 fully saturated rings. The third-order valence-corrected chi connectivity index (χ3v) is 4.13. The van der Waals surface area contributed by atoms with Crippen LogP contribution in [0.3, 0.4) is 0 Å². The highest BCUT2D eigenvalue weighted by molar-refractivity contribution is 8.13. The zero-order valence-electron chi connectivity index (χ0n) is 12.6. The Morgan fingerprint density at radius 2 is 2.05 bits per heavy atom. The van der Waals surface area contributed by atoms with E-state index in [1.54, 1.807) is 11.2 Å². The molecule has 0 saturated heterocycles. The summed E-state index contributed by atoms with van der Waals surface area (Å²) in [6.45, 7) is 0. The van der Waals surface area contributed by atoms with E-state index in [0.29, 0.717) is 11.4 Å². The number of benzene rings is 1. The normalized spacial score (nSPS) is 19.8. The minimum atomic E-state index is -0.210. The van der Waals surface area contributed by atoms with Crippen molar-refractivity contribution in [1.29, 1.82) is 5.26 Å². The van der Waals surface area contributed by atoms with E-state index in [4.69, 9.17) is 0 Å². The zero-order valence-corrected chi connectivity index (χ0v) is 13.4. The molecule has 0 radical (unpaired) electrons. The summed E-state index contributed by atoms with van der Waals surface area (Å²) in [5, 5.41) is 11.8. The number of thioether (sulfide) groups is 1. The lowest BCUT2D eigenvalue weighted by Crippen LogP contribution is -2.43. The Morgan fingerprint density at radius 3 is 2.64 bits per heavy atom. The summed E-state index contributed by atoms with van der Waals surface area (Å²) in [7, 11) is 4.02. The molecule has 7 heteroatoms. The number of nitrogens with one attached hydrogen (secondary N) is 1. The van der Waals surface area contributed by atoms with Crippen LogP contribution in [-0.2, 0) is 0 Å². The van der Waals surface area contributed by atoms with Gasteiger partial charge in [-0.15, -0.1) is 0 Å². The van der Waals surface area contributed by atoms with Gasteiger partial charge in [-0.1, -0.05) is 23.9 Å². The van der Waals surface area contributed by atoms with Crippen molar-refractivity contribution in [3.05, 3.63) is 41.6 Å². The molecule has 0 saturated carbocycles. The van der Waals surface area contributed by atoms with Gasteiger partial charge in [-0.25, -0.2) is 15.0 Å². The molecule has 1 aromatic carbocycles. The summed E-state index contributed by atoms with van der Waals surface area (Å²) in [5.74, 6) is 0.628. The third-order valence-electron chi connectivity index (χ3n) is 3.48. The maximum atomic E-state index is 9.22. The number of nitrogens with zero attached hydrogens (tertiary/aromatic N) is 5. The standard InChI is InChI=1S/C15H16N6S/c1-20(2)12-6-4-10(5-7-12)13-18-14-11(8-16)9-17-15(22-3)21(14)19-13/h4-7,9,13,19H,1-3H3/t13-/m0/s1. The maximum Gasteiger partial charge on any atom is 0.184 e. The molecule has 2 heterocycles. The minimum Gasteiger partial charge on any atom is -0.378 e. The third kappa shape index (κ3) is 2.47. The summed E-state index contributed by atoms with van der Waals surface area (Å²) >= 11 is 1.51. The molecule has 6 nitrogen and oxygen atoms in total. The molecule has 0 spiro atoms. The van der Waals surface area contributed by atoms with Crippen LogP contribution < -0.4 is 10.3 Å². The van der Waals surface area contributed by atoms with E-state index in [1.807, 2.05) is 32.5 Å². The average Bonchev–Trinajstić information content (AvgIpc) is 2.99. The highest BCUT2D eigenvalue weighted by Gasteiger charge is 2.33. The fourth-order valence-electron chi connectivity index (χ4n) is 2.29. The molecule has 2 aliphatic rings. The summed E-state index contributed by atoms with van der Waals surface area (Å²) in [5.41, 5.74) is 5.95. The molecule has 1 N–H and O–H groups in total. The van der Waals surface area contributed by atoms with Crippen LogP contribution in [0.1, 0.15) is 11.7 Å². The van der Waals surface area contributed by atoms with Crippen molar-refractivity contribution in [2.75, 3.05) is 25.3 Å². The van der Waals surface area contributed by atoms with Gasteiger partial charge in [-0.2, -0.15) is 10.7 Å². The van der Waals surface area contributed by atoms with Gasteiger partial charge in [0.05, 0.1) is 6.20 Å². The van der Waals surface area contributed by atoms with Crippen molar-refractivity contribution in [2.24, 2.45) is 9.98 Å². The Morgan fingerprint density at radius 1 is 1.32 bits per heavy atom. The van der Waals surface area contributed by atoms with Crippen LogP contribution in [0.2, 0.25) is 0 Å². The van der Waals surface area contributed by atoms with Crippen molar-refractivity contribution < 1.29 is 0 Å². The summed E-state index contributed by atoms with van der Waals surface area (Å²) < 4.78 is 0. The van der Waals surface area contributed by atoms with Gasteiger partial charge in [0, 0.05) is 19.8 Å². The van der Waals surface area contributed by atoms with Gasteiger partial charge in [0.1, 0.15) is 17.8 Å². The fourth-order valence-corrected chi connectivity index (χ4v) is 2.77. The predicted molar refractivity (Wildman–Crippen MR) is 90.6 cm³/mol. The lowest BCUT2D eigenvalue weighted by molar-refractivity contribution is 0.424. The van der Waals surface area contributed by atoms with Gasteiger partial charge in [-0.3, -0.25) is 0 Å². The van der Waals surface area contributed by atoms with Crippen LogP contribution in [-0.4, -0.2) is 36.4 Å². The Kier molecular flexibility index (Phi) is 3.88. The van der Waals surface area contributed by atoms with Crippen LogP contribution in [0.4, 0.5) is 5.69 Å². The molecule has 0 unspecified atom stereocenters. The first-order valence-electron chi connectivity index (χ1n) is 6.78. The second kappa shape index (κ2) is 5.83. The number of rotatable bonds is 2. The summed E-state index contributed by atoms with van der Waals surface area (Å²) in [6, 6.07) is 10.3. The molecule has 1 atom stereocenters. The van der Waals surface area contributed by atoms with Crippen molar-refractivity contribution in [2.45, 2.75) is 6.17 Å². The predicted octanol–water partition coefficient (Wildman–Crippen LogP) is 2.11. The van der Waals surface area contributed by atoms with Gasteiger partial charge in [0.25, 0.3) is 0 Å². The molecular weight excluding hydrogens is 296 g/mol. The topological polar surface area (TPSA) is 67.0 Å². The molecule has 0 amide bonds. The van der Waals surface area contributed by atoms with Crippen molar-refractivity contribution >= 4 is 28.5 Å². The molecule has 3 rings (SSSR count). The SMILES string of the molecule is CSC1=NC=C(C#N)C2=N[C@H](c3ccc(N(C)C)cc3)NN12. The Balaban J connectivity index is 1.90. The van der Waals surface area contributed by atoms with Gasteiger partial charge in [-0.05, 0) is 24.0 Å². The van der Waals surface area contributed by atoms with E-state index in [0.717, 1.165) is 16.4 Å². The van der Waals surface area contributed by atoms with Crippen molar-refractivity contribution in [1.82, 2.24) is 10.4 Å². The number of fused-ring (bicyclic) bond motifs is 1. The van der Waals surface area contributed by atoms with Gasteiger partial charge in [0.15, 0.2) is 11.0 Å². The molecular formula is C15H16N6S. The Labute approximate surface area is 133 Å². The average molecular weight is 312 g/mol. The lowest BCUT2D eigenvalue weighted by atomic mass is 10.1. The molecule has 22 heavy (non-hydrogen) atoms. The van der Waals surface area contributed by atoms with E-state index >= 15 is 0 Å². The number of anilines is 1. The zero-order chi connectivity index (χ0) is 15.7. The molecule has 0 aliphatic carbocycles. The van der Waals surface area contributed by atoms with Crippen LogP contribution in [0.15, 0.2) is 46.0 Å². The highest BCUT2D eigenvalue weighted by Crippen LogP contribution is 2.28. The minimum absolute atomic E-state index is 0.210. The first-order chi connectivity index (χ1) is 10.6. The smallest absolute Gasteiger partial charge is 0.184 e. The number of nitriles is 1. The van der Waals surface area contributed by atoms with Crippen LogP contribution >= 0.6 is 11.8 Å². The first kappa shape index (κ1) is 14.6. The molecule has 1 aromatic rings. The van der Waals surface area contributed by atoms with Crippen LogP contribution in [0.5, 0.6) is 0 Å². The van der Waals surface area contributed by atoms with E-state index in [1.165, 1.54) is 11.8 Å². The number of hydrazine groups is 1. The van der Waals surface area contributed by atoms with E-state index in [9.17, 15) is 5.26 Å². The molecule has 0 aromatic heterocycles. The largest absolute Gasteiger partial charge is 0.378 e. The second-order valence-corrected chi connectivity index (χ2v) is 5.85. The van der Waals surface area contributed by atoms with Crippen molar-refractivity contribution in [3.63, 3.8) is 0 Å². The fraction of sp³-hybridized carbons (Fsp3) is 0.267. The van der Waals surface area contributed by atoms with Crippen LogP contribution in [0.25, 0.3) is 0 Å². The Bertz CT molecular complexity index is 711. The summed E-state index contributed by atoms with van der Waals surface area (Å²) in [4.78, 5) is 11.0. The monoisotopic (exact) mass is 312 g/mol. The maximum absolute atomic E-state index is 9.22. The number of amidine groups is 2. The molecule has 0 bridgehead atoms. The first-order valence-corrected chi connectivity index (χ1v) is 8.00. The number of hydrogen-bond acceptors (Lipinski definition) is 7. The van der Waals surface area contributed by atoms with E-state index < -0.39 is 0 Å². The van der Waals surface area contributed by atoms with Crippen molar-refractivity contribution in [3.8, 4) is 6.07 Å². The highest BCUT2D eigenvalue weighted by atomic mass is 32.2. The quantitative estimate of drug-likeness (QED) is 0.906. The molecule has 2 aliphatic heterocycles. The number of aliphatic imine (C=N–C) groups is 2. The summed E-state index contributed by atoms with van der Waals surface area (Å²) in [6.07, 6.45) is 3.31.